The van der Waals surface area contributed by atoms with Crippen molar-refractivity contribution in [1.82, 2.24) is 5.32 Å². The number of benzene rings is 4. The Kier molecular flexibility index (Phi) is 14.7. The molecule has 8 rings (SSSR count). The number of esters is 5. The van der Waals surface area contributed by atoms with Gasteiger partial charge in [-0.05, 0) is 72.5 Å². The number of hydrogen-bond donors (Lipinski definition) is 3. The Bertz CT molecular complexity index is 2840. The molecule has 74 heavy (non-hydrogen) atoms. The molecule has 3 aliphatic carbocycles. The molecule has 4 aromatic rings. The summed E-state index contributed by atoms with van der Waals surface area (Å²) in [5.74, 6) is -8.63. The highest BCUT2D eigenvalue weighted by atomic mass is 19.1. The minimum atomic E-state index is -2.53. The number of carbonyl (C=O) groups excluding carboxylic acids is 7. The topological polar surface area (TPSA) is 237 Å². The van der Waals surface area contributed by atoms with E-state index >= 15 is 14.0 Å². The average Bonchev–Trinajstić information content (AvgIpc) is 3.38. The lowest BCUT2D eigenvalue weighted by Crippen LogP contribution is -2.82. The summed E-state index contributed by atoms with van der Waals surface area (Å²) < 4.78 is 58.1. The van der Waals surface area contributed by atoms with Gasteiger partial charge in [0.05, 0.1) is 36.7 Å². The molecule has 1 heterocycles. The summed E-state index contributed by atoms with van der Waals surface area (Å²) in [7, 11) is 1.40. The number of fused-ring (bicyclic) bond motifs is 5. The summed E-state index contributed by atoms with van der Waals surface area (Å²) in [6.45, 7) is 7.66. The van der Waals surface area contributed by atoms with Gasteiger partial charge in [0, 0.05) is 37.7 Å². The Morgan fingerprint density at radius 1 is 0.770 bits per heavy atom. The standard InChI is InChI=1S/C56H58FNO16/c1-30-38(71-52(66)45(72-51(65)42(57)33-23-25-37(68-7)26-24-33)43(34-17-11-8-12-18-34)58-49(63)35-19-13-9-14-20-35)28-56(67)48(73-50(64)36-21-15-10-16-22-36)46-54(6,39(61)27-40-55(46,29-69-40)74-32(3)60)47(62)44(70-31(2)59)41(30)53(56,4)5/h8-26,38-40,42-46,48,61,67H,27-29H2,1-7H3,(H,58,63)/t38-,39-,40+,42+,43-,44+,45+,46-,48-,54+,55-,56+/m0/s1. The zero-order valence-electron chi connectivity index (χ0n) is 41.8. The van der Waals surface area contributed by atoms with Gasteiger partial charge in [0.25, 0.3) is 5.91 Å². The number of aliphatic hydroxyl groups excluding tert-OH is 1. The second-order valence-corrected chi connectivity index (χ2v) is 19.9. The van der Waals surface area contributed by atoms with Crippen LogP contribution >= 0.6 is 0 Å². The van der Waals surface area contributed by atoms with Crippen molar-refractivity contribution in [2.75, 3.05) is 13.7 Å². The van der Waals surface area contributed by atoms with E-state index in [1.807, 2.05) is 0 Å². The molecule has 4 aromatic carbocycles. The quantitative estimate of drug-likeness (QED) is 0.0745. The Morgan fingerprint density at radius 2 is 1.36 bits per heavy atom. The molecule has 2 bridgehead atoms. The van der Waals surface area contributed by atoms with Gasteiger partial charge >= 0.3 is 29.8 Å². The van der Waals surface area contributed by atoms with E-state index in [1.165, 1.54) is 95.5 Å². The minimum Gasteiger partial charge on any atom is -0.497 e. The van der Waals surface area contributed by atoms with Crippen LogP contribution in [0.4, 0.5) is 4.39 Å². The summed E-state index contributed by atoms with van der Waals surface area (Å²) in [4.78, 5) is 100. The first-order valence-corrected chi connectivity index (χ1v) is 24.1. The van der Waals surface area contributed by atoms with Gasteiger partial charge < -0.3 is 48.7 Å². The average molecular weight is 1020 g/mol. The Labute approximate surface area is 426 Å². The number of Topliss-reactive ketones (excluding diaryl/α,β-unsaturated/α-hetero) is 1. The molecule has 1 aliphatic heterocycles. The number of ketones is 1. The first kappa shape index (κ1) is 53.0. The first-order chi connectivity index (χ1) is 35.1. The molecular weight excluding hydrogens is 962 g/mol. The lowest BCUT2D eigenvalue weighted by atomic mass is 9.44. The second kappa shape index (κ2) is 20.6. The van der Waals surface area contributed by atoms with Crippen LogP contribution < -0.4 is 10.1 Å². The maximum atomic E-state index is 16.3. The van der Waals surface area contributed by atoms with Crippen LogP contribution in [0.25, 0.3) is 0 Å². The number of halogens is 1. The van der Waals surface area contributed by atoms with Crippen molar-refractivity contribution < 1.29 is 81.3 Å². The monoisotopic (exact) mass is 1020 g/mol. The number of ether oxygens (including phenoxy) is 7. The highest BCUT2D eigenvalue weighted by Gasteiger charge is 2.78. The van der Waals surface area contributed by atoms with Crippen molar-refractivity contribution >= 4 is 41.5 Å². The summed E-state index contributed by atoms with van der Waals surface area (Å²) >= 11 is 0. The van der Waals surface area contributed by atoms with Gasteiger partial charge in [-0.3, -0.25) is 19.2 Å². The minimum absolute atomic E-state index is 0.0155. The van der Waals surface area contributed by atoms with Crippen LogP contribution in [0.1, 0.15) is 98.4 Å². The van der Waals surface area contributed by atoms with Crippen molar-refractivity contribution in [2.45, 2.75) is 114 Å². The predicted molar refractivity (Wildman–Crippen MR) is 258 cm³/mol. The normalized spacial score (nSPS) is 28.9. The second-order valence-electron chi connectivity index (χ2n) is 19.9. The van der Waals surface area contributed by atoms with E-state index in [9.17, 15) is 34.2 Å². The smallest absolute Gasteiger partial charge is 0.350 e. The molecule has 3 N–H and O–H groups in total. The van der Waals surface area contributed by atoms with Gasteiger partial charge in [-0.1, -0.05) is 92.7 Å². The summed E-state index contributed by atoms with van der Waals surface area (Å²) in [6.07, 6.45) is -13.9. The Balaban J connectivity index is 1.30. The van der Waals surface area contributed by atoms with Crippen LogP contribution in [0.15, 0.2) is 126 Å². The van der Waals surface area contributed by atoms with Crippen LogP contribution in [0, 0.1) is 16.7 Å². The van der Waals surface area contributed by atoms with Gasteiger partial charge in [-0.25, -0.2) is 18.8 Å². The van der Waals surface area contributed by atoms with Crippen molar-refractivity contribution in [1.29, 1.82) is 0 Å². The number of aliphatic hydroxyl groups is 2. The third-order valence-electron chi connectivity index (χ3n) is 15.3. The largest absolute Gasteiger partial charge is 0.497 e. The third kappa shape index (κ3) is 9.34. The van der Waals surface area contributed by atoms with E-state index in [0.29, 0.717) is 5.75 Å². The lowest BCUT2D eigenvalue weighted by Gasteiger charge is -2.67. The van der Waals surface area contributed by atoms with E-state index in [4.69, 9.17) is 33.2 Å². The highest BCUT2D eigenvalue weighted by molar-refractivity contribution is 5.96. The first-order valence-electron chi connectivity index (χ1n) is 24.1. The van der Waals surface area contributed by atoms with Crippen LogP contribution in [0.5, 0.6) is 5.75 Å². The molecule has 18 heteroatoms. The van der Waals surface area contributed by atoms with Gasteiger partial charge in [0.1, 0.15) is 35.7 Å². The molecule has 0 aromatic heterocycles. The zero-order valence-corrected chi connectivity index (χ0v) is 41.8. The third-order valence-corrected chi connectivity index (χ3v) is 15.3. The maximum Gasteiger partial charge on any atom is 0.350 e. The molecular formula is C56H58FNO16. The highest BCUT2D eigenvalue weighted by Crippen LogP contribution is 2.64. The van der Waals surface area contributed by atoms with Crippen LogP contribution in [-0.4, -0.2) is 113 Å². The molecule has 17 nitrogen and oxygen atoms in total. The number of amides is 1. The molecule has 4 aliphatic rings. The van der Waals surface area contributed by atoms with E-state index in [1.54, 1.807) is 54.6 Å². The Morgan fingerprint density at radius 3 is 1.92 bits per heavy atom. The molecule has 0 spiro atoms. The number of alkyl halides is 1. The summed E-state index contributed by atoms with van der Waals surface area (Å²) in [5, 5.41) is 28.9. The van der Waals surface area contributed by atoms with Crippen molar-refractivity contribution in [3.63, 3.8) is 0 Å². The molecule has 0 radical (unpaired) electrons. The van der Waals surface area contributed by atoms with Crippen LogP contribution in [-0.2, 0) is 52.4 Å². The van der Waals surface area contributed by atoms with E-state index < -0.39 is 125 Å². The maximum absolute atomic E-state index is 16.3. The van der Waals surface area contributed by atoms with Crippen LogP contribution in [0.3, 0.4) is 0 Å². The predicted octanol–water partition coefficient (Wildman–Crippen LogP) is 6.01. The van der Waals surface area contributed by atoms with E-state index in [2.05, 4.69) is 5.32 Å². The number of nitrogens with one attached hydrogen (secondary N) is 1. The molecule has 1 amide bonds. The SMILES string of the molecule is COc1ccc([C@@H](F)C(=O)O[C@@H](C(=O)O[C@H]2C[C@@]3(O)[C@@H](OC(=O)c4ccccc4)[C@@H]4[C@]5(OC(C)=O)CO[C@@H]5C[C@H](O)[C@@]4(C)C(=O)[C@H](OC(C)=O)C(=C2C)C3(C)C)[C@@H](NC(=O)c2ccccc2)c2ccccc2)cc1. The molecule has 3 fully saturated rings. The van der Waals surface area contributed by atoms with Crippen molar-refractivity contribution in [3.8, 4) is 5.75 Å². The number of rotatable bonds is 14. The Hall–Kier alpha value is -7.28. The van der Waals surface area contributed by atoms with Gasteiger partial charge in [-0.2, -0.15) is 0 Å². The number of carbonyl (C=O) groups is 7. The zero-order chi connectivity index (χ0) is 53.5. The van der Waals surface area contributed by atoms with E-state index in [-0.39, 0.29) is 46.4 Å². The van der Waals surface area contributed by atoms with Crippen molar-refractivity contribution in [2.24, 2.45) is 16.7 Å². The fourth-order valence-corrected chi connectivity index (χ4v) is 11.4. The fraction of sp³-hybridized carbons (Fsp3) is 0.411. The molecule has 1 saturated heterocycles. The van der Waals surface area contributed by atoms with Crippen molar-refractivity contribution in [3.05, 3.63) is 149 Å². The summed E-state index contributed by atoms with van der Waals surface area (Å²) in [6, 6.07) is 27.3. The van der Waals surface area contributed by atoms with Gasteiger partial charge in [-0.15, -0.1) is 0 Å². The number of hydrogen-bond acceptors (Lipinski definition) is 16. The number of methoxy groups -OCH3 is 1. The molecule has 12 atom stereocenters. The van der Waals surface area contributed by atoms with Gasteiger partial charge in [0.2, 0.25) is 12.3 Å². The fourth-order valence-electron chi connectivity index (χ4n) is 11.4. The summed E-state index contributed by atoms with van der Waals surface area (Å²) in [5.41, 5.74) is -8.13. The molecule has 2 saturated carbocycles. The van der Waals surface area contributed by atoms with E-state index in [0.717, 1.165) is 13.8 Å². The van der Waals surface area contributed by atoms with Crippen LogP contribution in [0.2, 0.25) is 0 Å². The molecule has 390 valence electrons. The van der Waals surface area contributed by atoms with Gasteiger partial charge in [0.15, 0.2) is 17.5 Å². The molecule has 0 unspecified atom stereocenters. The lowest BCUT2D eigenvalue weighted by molar-refractivity contribution is -0.346.